The molecular formula is C19H26O6. The molecule has 1 aliphatic heterocycles. The van der Waals surface area contributed by atoms with Crippen LogP contribution in [0.5, 0.6) is 0 Å². The fourth-order valence-electron chi connectivity index (χ4n) is 3.09. The van der Waals surface area contributed by atoms with Crippen molar-refractivity contribution in [3.8, 4) is 0 Å². The highest BCUT2D eigenvalue weighted by Crippen LogP contribution is 2.36. The second-order valence-electron chi connectivity index (χ2n) is 6.80. The Kier molecular flexibility index (Phi) is 6.56. The lowest BCUT2D eigenvalue weighted by atomic mass is 9.85. The second-order valence-corrected chi connectivity index (χ2v) is 6.80. The molecule has 0 aromatic carbocycles. The monoisotopic (exact) mass is 350 g/mol. The Morgan fingerprint density at radius 3 is 2.64 bits per heavy atom. The lowest BCUT2D eigenvalue weighted by Crippen LogP contribution is -2.35. The lowest BCUT2D eigenvalue weighted by Gasteiger charge is -2.28. The predicted molar refractivity (Wildman–Crippen MR) is 91.4 cm³/mol. The van der Waals surface area contributed by atoms with Crippen LogP contribution >= 0.6 is 0 Å². The molecule has 2 N–H and O–H groups in total. The summed E-state index contributed by atoms with van der Waals surface area (Å²) >= 11 is 0. The molecule has 0 amide bonds. The Morgan fingerprint density at radius 1 is 1.36 bits per heavy atom. The molecule has 0 radical (unpaired) electrons. The Labute approximate surface area is 147 Å². The Bertz CT molecular complexity index is 601. The van der Waals surface area contributed by atoms with Gasteiger partial charge >= 0.3 is 11.9 Å². The first-order valence-electron chi connectivity index (χ1n) is 8.56. The fraction of sp³-hybridized carbons (Fsp3) is 0.579. The maximum atomic E-state index is 12.1. The third kappa shape index (κ3) is 4.58. The first kappa shape index (κ1) is 19.4. The van der Waals surface area contributed by atoms with Crippen LogP contribution in [0.25, 0.3) is 0 Å². The third-order valence-electron chi connectivity index (χ3n) is 4.57. The number of carbonyl (C=O) groups excluding carboxylic acids is 2. The van der Waals surface area contributed by atoms with E-state index in [0.717, 1.165) is 11.1 Å². The summed E-state index contributed by atoms with van der Waals surface area (Å²) in [7, 11) is 0. The highest BCUT2D eigenvalue weighted by Gasteiger charge is 2.44. The van der Waals surface area contributed by atoms with E-state index in [0.29, 0.717) is 19.3 Å². The minimum atomic E-state index is -0.661. The second kappa shape index (κ2) is 8.45. The molecule has 1 saturated heterocycles. The van der Waals surface area contributed by atoms with Crippen molar-refractivity contribution in [2.45, 2.75) is 45.3 Å². The van der Waals surface area contributed by atoms with Crippen molar-refractivity contribution >= 4 is 11.9 Å². The summed E-state index contributed by atoms with van der Waals surface area (Å²) in [6, 6.07) is 0. The number of ether oxygens (including phenoxy) is 2. The molecule has 1 heterocycles. The van der Waals surface area contributed by atoms with Gasteiger partial charge in [-0.25, -0.2) is 4.79 Å². The maximum Gasteiger partial charge on any atom is 0.334 e. The van der Waals surface area contributed by atoms with Crippen molar-refractivity contribution in [2.75, 3.05) is 13.2 Å². The number of fused-ring (bicyclic) bond motifs is 1. The van der Waals surface area contributed by atoms with E-state index in [-0.39, 0.29) is 30.7 Å². The summed E-state index contributed by atoms with van der Waals surface area (Å²) in [6.07, 6.45) is 3.88. The number of hydrogen-bond donors (Lipinski definition) is 2. The van der Waals surface area contributed by atoms with Crippen molar-refractivity contribution in [3.63, 3.8) is 0 Å². The maximum absolute atomic E-state index is 12.1. The summed E-state index contributed by atoms with van der Waals surface area (Å²) in [6.45, 7) is 6.97. The Hall–Kier alpha value is -1.92. The molecule has 0 aromatic heterocycles. The molecule has 0 spiro atoms. The highest BCUT2D eigenvalue weighted by molar-refractivity contribution is 5.91. The van der Waals surface area contributed by atoms with Crippen molar-refractivity contribution < 1.29 is 29.3 Å². The standard InChI is InChI=1S/C19H26O6/c1-11(2)18(22)24-15-7-13(9-20)5-4-6-14(10-21)8-16-17(15)12(3)19(23)25-16/h5,8,11,15-17,20-21H,3-4,6-7,9-10H2,1-2H3/b13-5-,14-8-. The topological polar surface area (TPSA) is 93.1 Å². The molecule has 2 aliphatic rings. The molecule has 0 saturated carbocycles. The molecule has 3 unspecified atom stereocenters. The molecule has 0 bridgehead atoms. The predicted octanol–water partition coefficient (Wildman–Crippen LogP) is 1.67. The number of aliphatic hydroxyl groups excluding tert-OH is 2. The highest BCUT2D eigenvalue weighted by atomic mass is 16.6. The molecule has 6 heteroatoms. The molecule has 3 atom stereocenters. The van der Waals surface area contributed by atoms with E-state index in [1.807, 2.05) is 6.08 Å². The Balaban J connectivity index is 2.41. The van der Waals surface area contributed by atoms with E-state index in [1.165, 1.54) is 0 Å². The van der Waals surface area contributed by atoms with E-state index < -0.39 is 24.1 Å². The van der Waals surface area contributed by atoms with Gasteiger partial charge in [0.05, 0.1) is 25.0 Å². The first-order valence-corrected chi connectivity index (χ1v) is 8.56. The number of rotatable bonds is 4. The van der Waals surface area contributed by atoms with Gasteiger partial charge in [-0.15, -0.1) is 0 Å². The molecule has 138 valence electrons. The summed E-state index contributed by atoms with van der Waals surface area (Å²) in [5.41, 5.74) is 1.71. The van der Waals surface area contributed by atoms with E-state index in [9.17, 15) is 19.8 Å². The minimum absolute atomic E-state index is 0.147. The third-order valence-corrected chi connectivity index (χ3v) is 4.57. The molecule has 6 nitrogen and oxygen atoms in total. The van der Waals surface area contributed by atoms with Gasteiger partial charge in [-0.3, -0.25) is 4.79 Å². The van der Waals surface area contributed by atoms with Crippen LogP contribution in [0.1, 0.15) is 33.1 Å². The molecule has 2 rings (SSSR count). The van der Waals surface area contributed by atoms with Crippen LogP contribution in [0.15, 0.2) is 35.5 Å². The van der Waals surface area contributed by atoms with Gasteiger partial charge in [-0.2, -0.15) is 0 Å². The van der Waals surface area contributed by atoms with Gasteiger partial charge in [-0.05, 0) is 30.1 Å². The van der Waals surface area contributed by atoms with Gasteiger partial charge in [0.15, 0.2) is 0 Å². The number of esters is 2. The molecule has 1 fully saturated rings. The number of allylic oxidation sites excluding steroid dienone is 1. The minimum Gasteiger partial charge on any atom is -0.461 e. The molecule has 0 aromatic rings. The van der Waals surface area contributed by atoms with Crippen LogP contribution in [-0.4, -0.2) is 47.6 Å². The lowest BCUT2D eigenvalue weighted by molar-refractivity contribution is -0.155. The zero-order chi connectivity index (χ0) is 18.6. The first-order chi connectivity index (χ1) is 11.9. The van der Waals surface area contributed by atoms with Crippen LogP contribution in [0.3, 0.4) is 0 Å². The number of aliphatic hydroxyl groups is 2. The Morgan fingerprint density at radius 2 is 2.04 bits per heavy atom. The van der Waals surface area contributed by atoms with Crippen LogP contribution < -0.4 is 0 Å². The largest absolute Gasteiger partial charge is 0.461 e. The van der Waals surface area contributed by atoms with Crippen molar-refractivity contribution in [2.24, 2.45) is 11.8 Å². The quantitative estimate of drug-likeness (QED) is 0.455. The molecule has 1 aliphatic carbocycles. The summed E-state index contributed by atoms with van der Waals surface area (Å²) in [5.74, 6) is -1.76. The average Bonchev–Trinajstić information content (AvgIpc) is 2.85. The van der Waals surface area contributed by atoms with Crippen LogP contribution in [0, 0.1) is 11.8 Å². The summed E-state index contributed by atoms with van der Waals surface area (Å²) in [4.78, 5) is 24.2. The average molecular weight is 350 g/mol. The SMILES string of the molecule is C=C1C(=O)OC2/C=C(\CO)CC/C=C(\CO)CC(OC(=O)C(C)C)C12. The van der Waals surface area contributed by atoms with Gasteiger partial charge in [0, 0.05) is 12.0 Å². The van der Waals surface area contributed by atoms with E-state index in [2.05, 4.69) is 6.58 Å². The van der Waals surface area contributed by atoms with Crippen LogP contribution in [0.2, 0.25) is 0 Å². The zero-order valence-corrected chi connectivity index (χ0v) is 14.7. The van der Waals surface area contributed by atoms with E-state index >= 15 is 0 Å². The summed E-state index contributed by atoms with van der Waals surface area (Å²) < 4.78 is 11.0. The van der Waals surface area contributed by atoms with Gasteiger partial charge in [-0.1, -0.05) is 26.5 Å². The smallest absolute Gasteiger partial charge is 0.334 e. The van der Waals surface area contributed by atoms with E-state index in [4.69, 9.17) is 9.47 Å². The summed E-state index contributed by atoms with van der Waals surface area (Å²) in [5, 5.41) is 19.2. The van der Waals surface area contributed by atoms with Gasteiger partial charge in [0.25, 0.3) is 0 Å². The van der Waals surface area contributed by atoms with Gasteiger partial charge < -0.3 is 19.7 Å². The zero-order valence-electron chi connectivity index (χ0n) is 14.7. The van der Waals surface area contributed by atoms with Crippen molar-refractivity contribution in [1.82, 2.24) is 0 Å². The molecule has 25 heavy (non-hydrogen) atoms. The van der Waals surface area contributed by atoms with Crippen molar-refractivity contribution in [1.29, 1.82) is 0 Å². The van der Waals surface area contributed by atoms with Gasteiger partial charge in [0.2, 0.25) is 0 Å². The van der Waals surface area contributed by atoms with Crippen LogP contribution in [0.4, 0.5) is 0 Å². The van der Waals surface area contributed by atoms with Crippen LogP contribution in [-0.2, 0) is 19.1 Å². The normalized spacial score (nSPS) is 31.5. The van der Waals surface area contributed by atoms with Gasteiger partial charge in [0.1, 0.15) is 12.2 Å². The number of carbonyl (C=O) groups is 2. The fourth-order valence-corrected chi connectivity index (χ4v) is 3.09. The van der Waals surface area contributed by atoms with Crippen molar-refractivity contribution in [3.05, 3.63) is 35.5 Å². The molecular weight excluding hydrogens is 324 g/mol. The van der Waals surface area contributed by atoms with E-state index in [1.54, 1.807) is 19.9 Å². The number of hydrogen-bond acceptors (Lipinski definition) is 6.